The molecule has 0 aliphatic heterocycles. The Balaban J connectivity index is 2.12. The number of anilines is 1. The summed E-state index contributed by atoms with van der Waals surface area (Å²) in [5.41, 5.74) is 1.31. The second-order valence-electron chi connectivity index (χ2n) is 6.81. The molecule has 0 amide bonds. The van der Waals surface area contributed by atoms with Crippen LogP contribution in [-0.4, -0.2) is 18.7 Å². The summed E-state index contributed by atoms with van der Waals surface area (Å²) in [6.07, 6.45) is -4.00. The average molecular weight is 435 g/mol. The maximum absolute atomic E-state index is 13.2. The minimum Gasteiger partial charge on any atom is -0.340 e. The SMILES string of the molecule is CCCS(=O)(=O)Nc1ccc(-c2c(C#N)c3ccc(C(F)(F)F)cc3n2CC)cc1. The number of nitrogens with one attached hydrogen (secondary N) is 1. The lowest BCUT2D eigenvalue weighted by Crippen LogP contribution is -2.15. The number of rotatable bonds is 6. The van der Waals surface area contributed by atoms with E-state index in [4.69, 9.17) is 0 Å². The van der Waals surface area contributed by atoms with Gasteiger partial charge in [0.25, 0.3) is 0 Å². The molecule has 0 radical (unpaired) electrons. The predicted molar refractivity (Wildman–Crippen MR) is 110 cm³/mol. The lowest BCUT2D eigenvalue weighted by atomic mass is 10.0. The van der Waals surface area contributed by atoms with Crippen LogP contribution in [0, 0.1) is 11.3 Å². The van der Waals surface area contributed by atoms with E-state index in [1.165, 1.54) is 6.07 Å². The number of halogens is 3. The van der Waals surface area contributed by atoms with E-state index in [9.17, 15) is 26.9 Å². The van der Waals surface area contributed by atoms with E-state index in [0.29, 0.717) is 40.8 Å². The minimum absolute atomic E-state index is 0.00105. The van der Waals surface area contributed by atoms with Gasteiger partial charge < -0.3 is 4.57 Å². The molecular weight excluding hydrogens is 415 g/mol. The zero-order valence-electron chi connectivity index (χ0n) is 16.4. The summed E-state index contributed by atoms with van der Waals surface area (Å²) in [6.45, 7) is 3.91. The Labute approximate surface area is 172 Å². The Morgan fingerprint density at radius 3 is 2.30 bits per heavy atom. The Kier molecular flexibility index (Phi) is 5.81. The van der Waals surface area contributed by atoms with Crippen LogP contribution in [0.3, 0.4) is 0 Å². The molecule has 0 spiro atoms. The third kappa shape index (κ3) is 4.14. The highest BCUT2D eigenvalue weighted by Gasteiger charge is 2.31. The van der Waals surface area contributed by atoms with Crippen molar-refractivity contribution < 1.29 is 21.6 Å². The largest absolute Gasteiger partial charge is 0.416 e. The first-order valence-corrected chi connectivity index (χ1v) is 11.0. The van der Waals surface area contributed by atoms with Crippen LogP contribution in [0.4, 0.5) is 18.9 Å². The highest BCUT2D eigenvalue weighted by atomic mass is 32.2. The molecule has 1 heterocycles. The van der Waals surface area contributed by atoms with Crippen molar-refractivity contribution >= 4 is 26.6 Å². The van der Waals surface area contributed by atoms with Crippen molar-refractivity contribution in [3.8, 4) is 17.3 Å². The zero-order valence-corrected chi connectivity index (χ0v) is 17.2. The molecule has 0 aliphatic carbocycles. The van der Waals surface area contributed by atoms with E-state index < -0.39 is 21.8 Å². The van der Waals surface area contributed by atoms with Gasteiger partial charge in [0.1, 0.15) is 6.07 Å². The number of nitriles is 1. The molecule has 2 aromatic carbocycles. The molecule has 9 heteroatoms. The molecule has 30 heavy (non-hydrogen) atoms. The molecule has 1 N–H and O–H groups in total. The number of sulfonamides is 1. The van der Waals surface area contributed by atoms with Crippen LogP contribution in [0.25, 0.3) is 22.2 Å². The van der Waals surface area contributed by atoms with Gasteiger partial charge in [0.2, 0.25) is 10.0 Å². The highest BCUT2D eigenvalue weighted by Crippen LogP contribution is 2.37. The summed E-state index contributed by atoms with van der Waals surface area (Å²) in [4.78, 5) is 0. The van der Waals surface area contributed by atoms with Crippen LogP contribution in [-0.2, 0) is 22.7 Å². The molecule has 0 saturated carbocycles. The molecule has 3 rings (SSSR count). The van der Waals surface area contributed by atoms with E-state index >= 15 is 0 Å². The lowest BCUT2D eigenvalue weighted by molar-refractivity contribution is -0.137. The third-order valence-electron chi connectivity index (χ3n) is 4.72. The second kappa shape index (κ2) is 8.03. The van der Waals surface area contributed by atoms with Crippen LogP contribution in [0.5, 0.6) is 0 Å². The van der Waals surface area contributed by atoms with Gasteiger partial charge in [0.05, 0.1) is 28.1 Å². The van der Waals surface area contributed by atoms with Crippen molar-refractivity contribution in [2.24, 2.45) is 0 Å². The maximum Gasteiger partial charge on any atom is 0.416 e. The fraction of sp³-hybridized carbons (Fsp3) is 0.286. The van der Waals surface area contributed by atoms with Crippen LogP contribution in [0.2, 0.25) is 0 Å². The Hall–Kier alpha value is -2.99. The van der Waals surface area contributed by atoms with Crippen LogP contribution in [0.1, 0.15) is 31.4 Å². The number of alkyl halides is 3. The van der Waals surface area contributed by atoms with E-state index in [2.05, 4.69) is 10.8 Å². The van der Waals surface area contributed by atoms with Crippen molar-refractivity contribution in [3.63, 3.8) is 0 Å². The highest BCUT2D eigenvalue weighted by molar-refractivity contribution is 7.92. The number of nitrogens with zero attached hydrogens (tertiary/aromatic N) is 2. The lowest BCUT2D eigenvalue weighted by Gasteiger charge is -2.11. The molecule has 0 aliphatic rings. The van der Waals surface area contributed by atoms with Crippen LogP contribution in [0.15, 0.2) is 42.5 Å². The predicted octanol–water partition coefficient (Wildman–Crippen LogP) is 5.37. The maximum atomic E-state index is 13.2. The van der Waals surface area contributed by atoms with Gasteiger partial charge in [-0.1, -0.05) is 25.1 Å². The topological polar surface area (TPSA) is 74.9 Å². The summed E-state index contributed by atoms with van der Waals surface area (Å²) in [6, 6.07) is 11.9. The minimum atomic E-state index is -4.48. The summed E-state index contributed by atoms with van der Waals surface area (Å²) in [5, 5.41) is 10.1. The molecule has 0 bridgehead atoms. The number of aryl methyl sites for hydroxylation is 1. The summed E-state index contributed by atoms with van der Waals surface area (Å²) in [5.74, 6) is -0.00105. The smallest absolute Gasteiger partial charge is 0.340 e. The van der Waals surface area contributed by atoms with Gasteiger partial charge in [-0.3, -0.25) is 4.72 Å². The van der Waals surface area contributed by atoms with Crippen molar-refractivity contribution in [2.75, 3.05) is 10.5 Å². The van der Waals surface area contributed by atoms with E-state index in [1.54, 1.807) is 42.7 Å². The Bertz CT molecular complexity index is 1220. The number of benzene rings is 2. The third-order valence-corrected chi connectivity index (χ3v) is 6.22. The molecule has 0 atom stereocenters. The number of aromatic nitrogens is 1. The summed E-state index contributed by atoms with van der Waals surface area (Å²) < 4.78 is 67.5. The molecule has 5 nitrogen and oxygen atoms in total. The molecule has 0 unspecified atom stereocenters. The van der Waals surface area contributed by atoms with Gasteiger partial charge in [-0.2, -0.15) is 18.4 Å². The van der Waals surface area contributed by atoms with Gasteiger partial charge in [-0.15, -0.1) is 0 Å². The van der Waals surface area contributed by atoms with Crippen molar-refractivity contribution in [3.05, 3.63) is 53.6 Å². The molecule has 3 aromatic rings. The number of hydrogen-bond donors (Lipinski definition) is 1. The Morgan fingerprint density at radius 1 is 1.10 bits per heavy atom. The fourth-order valence-corrected chi connectivity index (χ4v) is 4.60. The van der Waals surface area contributed by atoms with Gasteiger partial charge in [0.15, 0.2) is 0 Å². The quantitative estimate of drug-likeness (QED) is 0.566. The van der Waals surface area contributed by atoms with Crippen LogP contribution < -0.4 is 4.72 Å². The second-order valence-corrected chi connectivity index (χ2v) is 8.65. The molecule has 0 saturated heterocycles. The van der Waals surface area contributed by atoms with E-state index in [-0.39, 0.29) is 11.3 Å². The average Bonchev–Trinajstić information content (AvgIpc) is 3.00. The van der Waals surface area contributed by atoms with Gasteiger partial charge in [-0.25, -0.2) is 8.42 Å². The van der Waals surface area contributed by atoms with Gasteiger partial charge >= 0.3 is 6.18 Å². The summed E-state index contributed by atoms with van der Waals surface area (Å²) in [7, 11) is -3.44. The van der Waals surface area contributed by atoms with Crippen LogP contribution >= 0.6 is 0 Å². The monoisotopic (exact) mass is 435 g/mol. The van der Waals surface area contributed by atoms with Crippen molar-refractivity contribution in [1.82, 2.24) is 4.57 Å². The van der Waals surface area contributed by atoms with Crippen molar-refractivity contribution in [2.45, 2.75) is 33.0 Å². The number of hydrogen-bond acceptors (Lipinski definition) is 3. The van der Waals surface area contributed by atoms with Crippen molar-refractivity contribution in [1.29, 1.82) is 5.26 Å². The van der Waals surface area contributed by atoms with Gasteiger partial charge in [-0.05, 0) is 43.2 Å². The molecule has 158 valence electrons. The van der Waals surface area contributed by atoms with E-state index in [1.807, 2.05) is 0 Å². The zero-order chi connectivity index (χ0) is 22.1. The normalized spacial score (nSPS) is 12.1. The first-order valence-electron chi connectivity index (χ1n) is 9.35. The summed E-state index contributed by atoms with van der Waals surface area (Å²) >= 11 is 0. The number of fused-ring (bicyclic) bond motifs is 1. The Morgan fingerprint density at radius 2 is 1.77 bits per heavy atom. The molecule has 1 aromatic heterocycles. The first-order chi connectivity index (χ1) is 14.1. The van der Waals surface area contributed by atoms with Gasteiger partial charge in [0, 0.05) is 17.6 Å². The standard InChI is InChI=1S/C21H20F3N3O2S/c1-3-11-30(28,29)26-16-8-5-14(6-9-16)20-18(13-25)17-10-7-15(21(22,23)24)12-19(17)27(20)4-2/h5-10,12,26H,3-4,11H2,1-2H3. The first kappa shape index (κ1) is 21.7. The molecule has 0 fully saturated rings. The fourth-order valence-electron chi connectivity index (χ4n) is 3.46. The van der Waals surface area contributed by atoms with E-state index in [0.717, 1.165) is 12.1 Å². The molecular formula is C21H20F3N3O2S.